The lowest BCUT2D eigenvalue weighted by Gasteiger charge is -2.11. The van der Waals surface area contributed by atoms with Gasteiger partial charge in [-0.2, -0.15) is 5.10 Å². The molecule has 1 atom stereocenters. The van der Waals surface area contributed by atoms with Gasteiger partial charge in [0.15, 0.2) is 5.82 Å². The second-order valence-electron chi connectivity index (χ2n) is 4.89. The highest BCUT2D eigenvalue weighted by atomic mass is 16.3. The fraction of sp³-hybridized carbons (Fsp3) is 0.357. The van der Waals surface area contributed by atoms with Gasteiger partial charge in [-0.15, -0.1) is 0 Å². The maximum absolute atomic E-state index is 9.91. The van der Waals surface area contributed by atoms with Crippen molar-refractivity contribution in [1.82, 2.24) is 10.2 Å². The van der Waals surface area contributed by atoms with E-state index in [0.717, 1.165) is 11.4 Å². The van der Waals surface area contributed by atoms with Gasteiger partial charge in [0.1, 0.15) is 0 Å². The molecule has 0 saturated heterocycles. The first kappa shape index (κ1) is 12.6. The number of aliphatic hydroxyl groups excluding tert-OH is 1. The molecule has 1 aromatic heterocycles. The van der Waals surface area contributed by atoms with E-state index in [-0.39, 0.29) is 5.92 Å². The molecular weight excluding hydrogens is 226 g/mol. The molecule has 0 spiro atoms. The molecule has 1 unspecified atom stereocenters. The van der Waals surface area contributed by atoms with Gasteiger partial charge in [-0.3, -0.25) is 5.10 Å². The number of H-pyrrole nitrogens is 1. The summed E-state index contributed by atoms with van der Waals surface area (Å²) >= 11 is 0. The third-order valence-corrected chi connectivity index (χ3v) is 2.87. The van der Waals surface area contributed by atoms with Gasteiger partial charge in [0.2, 0.25) is 0 Å². The number of nitrogens with zero attached hydrogens (tertiary/aromatic N) is 1. The number of aromatic amines is 1. The molecule has 0 radical (unpaired) electrons. The summed E-state index contributed by atoms with van der Waals surface area (Å²) in [6.45, 7) is 5.99. The highest BCUT2D eigenvalue weighted by molar-refractivity contribution is 5.56. The molecule has 2 aromatic rings. The van der Waals surface area contributed by atoms with Gasteiger partial charge in [0.25, 0.3) is 0 Å². The van der Waals surface area contributed by atoms with Crippen molar-refractivity contribution in [2.24, 2.45) is 5.92 Å². The van der Waals surface area contributed by atoms with Crippen LogP contribution in [-0.4, -0.2) is 15.3 Å². The number of hydrogen-bond acceptors (Lipinski definition) is 3. The van der Waals surface area contributed by atoms with Crippen LogP contribution >= 0.6 is 0 Å². The van der Waals surface area contributed by atoms with Crippen molar-refractivity contribution >= 4 is 11.5 Å². The molecule has 3 N–H and O–H groups in total. The van der Waals surface area contributed by atoms with Gasteiger partial charge in [0.05, 0.1) is 11.8 Å². The Morgan fingerprint density at radius 2 is 1.89 bits per heavy atom. The first-order valence-corrected chi connectivity index (χ1v) is 6.13. The summed E-state index contributed by atoms with van der Waals surface area (Å²) in [6.07, 6.45) is -0.508. The minimum absolute atomic E-state index is 0.165. The smallest absolute Gasteiger partial charge is 0.152 e. The van der Waals surface area contributed by atoms with Crippen LogP contribution in [0.2, 0.25) is 0 Å². The Bertz CT molecular complexity index is 502. The largest absolute Gasteiger partial charge is 0.387 e. The van der Waals surface area contributed by atoms with E-state index < -0.39 is 6.10 Å². The van der Waals surface area contributed by atoms with E-state index in [0.29, 0.717) is 5.82 Å². The quantitative estimate of drug-likeness (QED) is 0.775. The molecule has 18 heavy (non-hydrogen) atoms. The van der Waals surface area contributed by atoms with Crippen molar-refractivity contribution in [2.45, 2.75) is 26.9 Å². The van der Waals surface area contributed by atoms with E-state index in [1.165, 1.54) is 5.56 Å². The molecule has 0 aliphatic heterocycles. The summed E-state index contributed by atoms with van der Waals surface area (Å²) in [5.74, 6) is 0.881. The topological polar surface area (TPSA) is 60.9 Å². The first-order valence-electron chi connectivity index (χ1n) is 6.13. The van der Waals surface area contributed by atoms with Gasteiger partial charge >= 0.3 is 0 Å². The average molecular weight is 245 g/mol. The van der Waals surface area contributed by atoms with E-state index in [9.17, 15) is 5.11 Å². The van der Waals surface area contributed by atoms with Crippen LogP contribution in [0.25, 0.3) is 0 Å². The molecule has 0 fully saturated rings. The second kappa shape index (κ2) is 5.23. The van der Waals surface area contributed by atoms with E-state index in [1.54, 1.807) is 0 Å². The summed E-state index contributed by atoms with van der Waals surface area (Å²) in [5, 5.41) is 20.1. The lowest BCUT2D eigenvalue weighted by Crippen LogP contribution is -2.05. The average Bonchev–Trinajstić information content (AvgIpc) is 2.79. The van der Waals surface area contributed by atoms with Crippen LogP contribution in [0.4, 0.5) is 11.5 Å². The lowest BCUT2D eigenvalue weighted by molar-refractivity contribution is 0.122. The molecule has 0 bridgehead atoms. The molecule has 2 rings (SSSR count). The Morgan fingerprint density at radius 3 is 2.50 bits per heavy atom. The number of benzene rings is 1. The predicted octanol–water partition coefficient (Wildman–Crippen LogP) is 3.15. The SMILES string of the molecule is Cc1ccc(Nc2cc(C(O)C(C)C)[nH]n2)cc1. The number of aromatic nitrogens is 2. The molecule has 96 valence electrons. The van der Waals surface area contributed by atoms with Crippen LogP contribution in [0.15, 0.2) is 30.3 Å². The van der Waals surface area contributed by atoms with E-state index in [4.69, 9.17) is 0 Å². The van der Waals surface area contributed by atoms with Gasteiger partial charge < -0.3 is 10.4 Å². The van der Waals surface area contributed by atoms with E-state index in [2.05, 4.69) is 22.4 Å². The lowest BCUT2D eigenvalue weighted by atomic mass is 10.0. The normalized spacial score (nSPS) is 12.7. The zero-order valence-electron chi connectivity index (χ0n) is 10.9. The van der Waals surface area contributed by atoms with Crippen LogP contribution < -0.4 is 5.32 Å². The molecule has 1 heterocycles. The van der Waals surface area contributed by atoms with Crippen LogP contribution in [-0.2, 0) is 0 Å². The molecule has 0 amide bonds. The maximum Gasteiger partial charge on any atom is 0.152 e. The Kier molecular flexibility index (Phi) is 3.67. The van der Waals surface area contributed by atoms with Crippen molar-refractivity contribution in [1.29, 1.82) is 0 Å². The minimum atomic E-state index is -0.508. The number of rotatable bonds is 4. The third-order valence-electron chi connectivity index (χ3n) is 2.87. The Hall–Kier alpha value is -1.81. The molecule has 4 heteroatoms. The fourth-order valence-corrected chi connectivity index (χ4v) is 1.70. The zero-order valence-corrected chi connectivity index (χ0v) is 10.9. The Balaban J connectivity index is 2.09. The maximum atomic E-state index is 9.91. The first-order chi connectivity index (χ1) is 8.56. The Morgan fingerprint density at radius 1 is 1.22 bits per heavy atom. The van der Waals surface area contributed by atoms with Gasteiger partial charge in [0, 0.05) is 11.8 Å². The number of hydrogen-bond donors (Lipinski definition) is 3. The van der Waals surface area contributed by atoms with Gasteiger partial charge in [-0.25, -0.2) is 0 Å². The van der Waals surface area contributed by atoms with Crippen LogP contribution in [0, 0.1) is 12.8 Å². The highest BCUT2D eigenvalue weighted by Gasteiger charge is 2.14. The molecular formula is C14H19N3O. The molecule has 0 aliphatic carbocycles. The highest BCUT2D eigenvalue weighted by Crippen LogP contribution is 2.23. The number of nitrogens with one attached hydrogen (secondary N) is 2. The van der Waals surface area contributed by atoms with Crippen molar-refractivity contribution in [3.8, 4) is 0 Å². The summed E-state index contributed by atoms with van der Waals surface area (Å²) in [4.78, 5) is 0. The monoisotopic (exact) mass is 245 g/mol. The Labute approximate surface area is 107 Å². The summed E-state index contributed by atoms with van der Waals surface area (Å²) < 4.78 is 0. The predicted molar refractivity (Wildman–Crippen MR) is 72.8 cm³/mol. The van der Waals surface area contributed by atoms with Crippen LogP contribution in [0.3, 0.4) is 0 Å². The minimum Gasteiger partial charge on any atom is -0.387 e. The second-order valence-corrected chi connectivity index (χ2v) is 4.89. The van der Waals surface area contributed by atoms with Crippen LogP contribution in [0.5, 0.6) is 0 Å². The number of aryl methyl sites for hydroxylation is 1. The molecule has 4 nitrogen and oxygen atoms in total. The van der Waals surface area contributed by atoms with E-state index in [1.807, 2.05) is 44.2 Å². The van der Waals surface area contributed by atoms with Crippen LogP contribution in [0.1, 0.15) is 31.2 Å². The third kappa shape index (κ3) is 2.90. The van der Waals surface area contributed by atoms with Crippen molar-refractivity contribution < 1.29 is 5.11 Å². The molecule has 0 aliphatic rings. The summed E-state index contributed by atoms with van der Waals surface area (Å²) in [6, 6.07) is 9.92. The number of anilines is 2. The van der Waals surface area contributed by atoms with E-state index >= 15 is 0 Å². The molecule has 0 saturated carbocycles. The van der Waals surface area contributed by atoms with Crippen molar-refractivity contribution in [3.63, 3.8) is 0 Å². The standard InChI is InChI=1S/C14H19N3O/c1-9(2)14(18)12-8-13(17-16-12)15-11-6-4-10(3)5-7-11/h4-9,14,18H,1-3H3,(H2,15,16,17). The summed E-state index contributed by atoms with van der Waals surface area (Å²) in [5.41, 5.74) is 2.94. The fourth-order valence-electron chi connectivity index (χ4n) is 1.70. The van der Waals surface area contributed by atoms with Crippen molar-refractivity contribution in [2.75, 3.05) is 5.32 Å². The van der Waals surface area contributed by atoms with Gasteiger partial charge in [-0.1, -0.05) is 31.5 Å². The summed E-state index contributed by atoms with van der Waals surface area (Å²) in [7, 11) is 0. The molecule has 1 aromatic carbocycles. The van der Waals surface area contributed by atoms with Gasteiger partial charge in [-0.05, 0) is 25.0 Å². The number of aliphatic hydroxyl groups is 1. The van der Waals surface area contributed by atoms with Crippen molar-refractivity contribution in [3.05, 3.63) is 41.6 Å². The zero-order chi connectivity index (χ0) is 13.1.